The molecule has 1 N–H and O–H groups in total. The van der Waals surface area contributed by atoms with E-state index in [1.165, 1.54) is 30.7 Å². The van der Waals surface area contributed by atoms with Crippen LogP contribution >= 0.6 is 0 Å². The molecule has 0 saturated heterocycles. The van der Waals surface area contributed by atoms with Crippen LogP contribution in [0.2, 0.25) is 0 Å². The molecule has 2 rings (SSSR count). The minimum Gasteiger partial charge on any atom is -0.383 e. The molecule has 0 fully saturated rings. The zero-order chi connectivity index (χ0) is 22.3. The predicted molar refractivity (Wildman–Crippen MR) is 118 cm³/mol. The van der Waals surface area contributed by atoms with Crippen LogP contribution in [0.3, 0.4) is 0 Å². The number of methoxy groups -OCH3 is 2. The smallest absolute Gasteiger partial charge is 0.255 e. The molecule has 0 aliphatic rings. The minimum absolute atomic E-state index is 0.0553. The number of amides is 1. The number of carbonyl (C=O) groups is 1. The Hall–Kier alpha value is -2.26. The van der Waals surface area contributed by atoms with Crippen LogP contribution in [-0.2, 0) is 19.5 Å². The van der Waals surface area contributed by atoms with Crippen LogP contribution < -0.4 is 5.32 Å². The highest BCUT2D eigenvalue weighted by Gasteiger charge is 2.25. The monoisotopic (exact) mass is 434 g/mol. The molecule has 0 radical (unpaired) electrons. The maximum atomic E-state index is 13.1. The molecule has 0 saturated carbocycles. The van der Waals surface area contributed by atoms with Gasteiger partial charge in [0.05, 0.1) is 18.1 Å². The van der Waals surface area contributed by atoms with E-state index in [0.717, 1.165) is 22.4 Å². The average Bonchev–Trinajstić information content (AvgIpc) is 2.70. The molecular formula is C22H30N2O5S. The van der Waals surface area contributed by atoms with Gasteiger partial charge in [-0.2, -0.15) is 4.31 Å². The summed E-state index contributed by atoms with van der Waals surface area (Å²) in [6.45, 7) is 6.77. The summed E-state index contributed by atoms with van der Waals surface area (Å²) >= 11 is 0. The van der Waals surface area contributed by atoms with E-state index in [4.69, 9.17) is 9.47 Å². The third-order valence-corrected chi connectivity index (χ3v) is 6.63. The van der Waals surface area contributed by atoms with Crippen LogP contribution in [0, 0.1) is 20.8 Å². The van der Waals surface area contributed by atoms with Crippen molar-refractivity contribution in [3.05, 3.63) is 58.7 Å². The number of rotatable bonds is 10. The van der Waals surface area contributed by atoms with Crippen LogP contribution in [0.25, 0.3) is 0 Å². The second-order valence-electron chi connectivity index (χ2n) is 7.15. The summed E-state index contributed by atoms with van der Waals surface area (Å²) in [6.07, 6.45) is 0. The standard InChI is InChI=1S/C22H30N2O5S/c1-16-13-17(2)21(18(3)14-16)23-22(25)19-7-6-8-20(15-19)30(26,27)24(9-11-28-4)10-12-29-5/h6-8,13-15H,9-12H2,1-5H3,(H,23,25). The van der Waals surface area contributed by atoms with Crippen molar-refractivity contribution < 1.29 is 22.7 Å². The van der Waals surface area contributed by atoms with E-state index >= 15 is 0 Å². The Morgan fingerprint density at radius 2 is 1.53 bits per heavy atom. The molecule has 164 valence electrons. The van der Waals surface area contributed by atoms with Gasteiger partial charge >= 0.3 is 0 Å². The van der Waals surface area contributed by atoms with Gasteiger partial charge in [-0.05, 0) is 50.1 Å². The number of ether oxygens (including phenoxy) is 2. The number of nitrogens with one attached hydrogen (secondary N) is 1. The van der Waals surface area contributed by atoms with Crippen LogP contribution in [0.15, 0.2) is 41.3 Å². The Labute approximate surface area is 179 Å². The summed E-state index contributed by atoms with van der Waals surface area (Å²) in [6, 6.07) is 10.0. The molecule has 0 spiro atoms. The van der Waals surface area contributed by atoms with Crippen molar-refractivity contribution in [1.82, 2.24) is 4.31 Å². The maximum absolute atomic E-state index is 13.1. The summed E-state index contributed by atoms with van der Waals surface area (Å²) in [5, 5.41) is 2.91. The van der Waals surface area contributed by atoms with Crippen molar-refractivity contribution in [1.29, 1.82) is 0 Å². The van der Waals surface area contributed by atoms with Gasteiger partial charge in [0, 0.05) is 38.6 Å². The zero-order valence-corrected chi connectivity index (χ0v) is 19.0. The van der Waals surface area contributed by atoms with Crippen LogP contribution in [0.1, 0.15) is 27.0 Å². The van der Waals surface area contributed by atoms with Gasteiger partial charge in [0.1, 0.15) is 0 Å². The van der Waals surface area contributed by atoms with Gasteiger partial charge < -0.3 is 14.8 Å². The van der Waals surface area contributed by atoms with Gasteiger partial charge in [0.2, 0.25) is 10.0 Å². The van der Waals surface area contributed by atoms with Gasteiger partial charge in [0.15, 0.2) is 0 Å². The Balaban J connectivity index is 2.31. The van der Waals surface area contributed by atoms with E-state index < -0.39 is 10.0 Å². The SMILES string of the molecule is COCCN(CCOC)S(=O)(=O)c1cccc(C(=O)Nc2c(C)cc(C)cc2C)c1. The van der Waals surface area contributed by atoms with Crippen LogP contribution in [-0.4, -0.2) is 59.2 Å². The van der Waals surface area contributed by atoms with Crippen molar-refractivity contribution in [2.45, 2.75) is 25.7 Å². The van der Waals surface area contributed by atoms with E-state index in [1.807, 2.05) is 32.9 Å². The first-order valence-electron chi connectivity index (χ1n) is 9.68. The second-order valence-corrected chi connectivity index (χ2v) is 9.08. The number of benzene rings is 2. The fourth-order valence-corrected chi connectivity index (χ4v) is 4.70. The quantitative estimate of drug-likeness (QED) is 0.621. The largest absolute Gasteiger partial charge is 0.383 e. The number of aryl methyl sites for hydroxylation is 3. The molecule has 0 bridgehead atoms. The molecule has 0 heterocycles. The molecule has 0 atom stereocenters. The highest BCUT2D eigenvalue weighted by Crippen LogP contribution is 2.23. The van der Waals surface area contributed by atoms with E-state index in [9.17, 15) is 13.2 Å². The maximum Gasteiger partial charge on any atom is 0.255 e. The Bertz CT molecular complexity index is 958. The molecule has 8 heteroatoms. The number of nitrogens with zero attached hydrogens (tertiary/aromatic N) is 1. The van der Waals surface area contributed by atoms with Crippen LogP contribution in [0.5, 0.6) is 0 Å². The fraction of sp³-hybridized carbons (Fsp3) is 0.409. The highest BCUT2D eigenvalue weighted by molar-refractivity contribution is 7.89. The molecule has 30 heavy (non-hydrogen) atoms. The Kier molecular flexibility index (Phi) is 8.54. The van der Waals surface area contributed by atoms with E-state index in [2.05, 4.69) is 5.32 Å². The highest BCUT2D eigenvalue weighted by atomic mass is 32.2. The van der Waals surface area contributed by atoms with Crippen LogP contribution in [0.4, 0.5) is 5.69 Å². The van der Waals surface area contributed by atoms with E-state index in [0.29, 0.717) is 0 Å². The lowest BCUT2D eigenvalue weighted by atomic mass is 10.0. The lowest BCUT2D eigenvalue weighted by Crippen LogP contribution is -2.36. The Morgan fingerprint density at radius 3 is 2.07 bits per heavy atom. The molecular weight excluding hydrogens is 404 g/mol. The molecule has 0 unspecified atom stereocenters. The van der Waals surface area contributed by atoms with Crippen molar-refractivity contribution >= 4 is 21.6 Å². The normalized spacial score (nSPS) is 11.7. The minimum atomic E-state index is -3.80. The lowest BCUT2D eigenvalue weighted by molar-refractivity contribution is 0.102. The number of sulfonamides is 1. The molecule has 0 aromatic heterocycles. The lowest BCUT2D eigenvalue weighted by Gasteiger charge is -2.22. The van der Waals surface area contributed by atoms with Crippen molar-refractivity contribution in [2.24, 2.45) is 0 Å². The Morgan fingerprint density at radius 1 is 0.967 bits per heavy atom. The first-order valence-corrected chi connectivity index (χ1v) is 11.1. The number of carbonyl (C=O) groups excluding carboxylic acids is 1. The third-order valence-electron chi connectivity index (χ3n) is 4.74. The summed E-state index contributed by atoms with van der Waals surface area (Å²) in [7, 11) is -0.773. The number of anilines is 1. The van der Waals surface area contributed by atoms with Crippen molar-refractivity contribution in [3.8, 4) is 0 Å². The molecule has 7 nitrogen and oxygen atoms in total. The van der Waals surface area contributed by atoms with Gasteiger partial charge in [-0.3, -0.25) is 4.79 Å². The molecule has 2 aromatic carbocycles. The fourth-order valence-electron chi connectivity index (χ4n) is 3.25. The van der Waals surface area contributed by atoms with E-state index in [-0.39, 0.29) is 42.7 Å². The summed E-state index contributed by atoms with van der Waals surface area (Å²) < 4.78 is 37.6. The number of hydrogen-bond donors (Lipinski definition) is 1. The van der Waals surface area contributed by atoms with Gasteiger partial charge in [-0.25, -0.2) is 8.42 Å². The van der Waals surface area contributed by atoms with Gasteiger partial charge in [0.25, 0.3) is 5.91 Å². The molecule has 0 aliphatic heterocycles. The topological polar surface area (TPSA) is 84.9 Å². The predicted octanol–water partition coefficient (Wildman–Crippen LogP) is 3.15. The average molecular weight is 435 g/mol. The molecule has 0 aliphatic carbocycles. The third kappa shape index (κ3) is 5.89. The van der Waals surface area contributed by atoms with Gasteiger partial charge in [-0.15, -0.1) is 0 Å². The zero-order valence-electron chi connectivity index (χ0n) is 18.2. The number of hydrogen-bond acceptors (Lipinski definition) is 5. The summed E-state index contributed by atoms with van der Waals surface area (Å²) in [4.78, 5) is 12.9. The van der Waals surface area contributed by atoms with Gasteiger partial charge in [-0.1, -0.05) is 23.8 Å². The van der Waals surface area contributed by atoms with Crippen molar-refractivity contribution in [2.75, 3.05) is 45.8 Å². The second kappa shape index (κ2) is 10.7. The molecule has 2 aromatic rings. The first kappa shape index (κ1) is 24.0. The van der Waals surface area contributed by atoms with E-state index in [1.54, 1.807) is 12.1 Å². The molecule has 1 amide bonds. The summed E-state index contributed by atoms with van der Waals surface area (Å²) in [5.74, 6) is -0.359. The van der Waals surface area contributed by atoms with Crippen molar-refractivity contribution in [3.63, 3.8) is 0 Å². The summed E-state index contributed by atoms with van der Waals surface area (Å²) in [5.41, 5.74) is 4.03. The first-order chi connectivity index (χ1) is 14.2.